The molecule has 7 heteroatoms. The zero-order valence-electron chi connectivity index (χ0n) is 15.8. The Morgan fingerprint density at radius 1 is 1.07 bits per heavy atom. The molecule has 0 spiro atoms. The molecular formula is C20H25ClN2O3S. The molecule has 0 aliphatic heterocycles. The van der Waals surface area contributed by atoms with Gasteiger partial charge in [0, 0.05) is 29.7 Å². The highest BCUT2D eigenvalue weighted by Gasteiger charge is 2.23. The molecule has 0 heterocycles. The Balaban J connectivity index is 2.14. The van der Waals surface area contributed by atoms with Crippen LogP contribution in [0.5, 0.6) is 0 Å². The fourth-order valence-electron chi connectivity index (χ4n) is 2.50. The number of nitrogens with one attached hydrogen (secondary N) is 1. The van der Waals surface area contributed by atoms with E-state index in [-0.39, 0.29) is 23.4 Å². The van der Waals surface area contributed by atoms with Gasteiger partial charge in [0.2, 0.25) is 10.0 Å². The van der Waals surface area contributed by atoms with E-state index in [2.05, 4.69) is 5.32 Å². The van der Waals surface area contributed by atoms with Gasteiger partial charge >= 0.3 is 0 Å². The Hall–Kier alpha value is -1.89. The third-order valence-corrected chi connectivity index (χ3v) is 6.56. The van der Waals surface area contributed by atoms with Crippen molar-refractivity contribution in [2.75, 3.05) is 6.54 Å². The van der Waals surface area contributed by atoms with Gasteiger partial charge in [-0.3, -0.25) is 4.79 Å². The molecular weight excluding hydrogens is 384 g/mol. The van der Waals surface area contributed by atoms with Crippen LogP contribution in [0, 0.1) is 0 Å². The summed E-state index contributed by atoms with van der Waals surface area (Å²) < 4.78 is 27.0. The topological polar surface area (TPSA) is 66.5 Å². The zero-order valence-corrected chi connectivity index (χ0v) is 17.3. The van der Waals surface area contributed by atoms with E-state index in [9.17, 15) is 13.2 Å². The molecule has 0 radical (unpaired) electrons. The molecule has 27 heavy (non-hydrogen) atoms. The van der Waals surface area contributed by atoms with Crippen molar-refractivity contribution >= 4 is 27.5 Å². The van der Waals surface area contributed by atoms with Gasteiger partial charge in [0.15, 0.2) is 0 Å². The zero-order chi connectivity index (χ0) is 20.0. The Labute approximate surface area is 166 Å². The van der Waals surface area contributed by atoms with Crippen LogP contribution in [0.3, 0.4) is 0 Å². The van der Waals surface area contributed by atoms with E-state index in [1.165, 1.54) is 16.4 Å². The van der Waals surface area contributed by atoms with E-state index in [1.54, 1.807) is 43.3 Å². The normalized spacial score (nSPS) is 12.8. The first-order chi connectivity index (χ1) is 12.8. The number of sulfonamides is 1. The summed E-state index contributed by atoms with van der Waals surface area (Å²) in [6.07, 6.45) is 0.859. The summed E-state index contributed by atoms with van der Waals surface area (Å²) in [5, 5.41) is 3.40. The number of rotatable bonds is 8. The summed E-state index contributed by atoms with van der Waals surface area (Å²) in [7, 11) is -3.62. The van der Waals surface area contributed by atoms with Gasteiger partial charge in [-0.25, -0.2) is 8.42 Å². The van der Waals surface area contributed by atoms with Crippen LogP contribution < -0.4 is 5.32 Å². The van der Waals surface area contributed by atoms with Crippen LogP contribution >= 0.6 is 11.6 Å². The molecule has 5 nitrogen and oxygen atoms in total. The van der Waals surface area contributed by atoms with Crippen molar-refractivity contribution in [1.29, 1.82) is 0 Å². The molecule has 2 rings (SSSR count). The lowest BCUT2D eigenvalue weighted by Crippen LogP contribution is -2.32. The van der Waals surface area contributed by atoms with Gasteiger partial charge in [-0.15, -0.1) is 0 Å². The average Bonchev–Trinajstić information content (AvgIpc) is 2.66. The molecule has 0 saturated carbocycles. The molecule has 0 aliphatic rings. The fraction of sp³-hybridized carbons (Fsp3) is 0.350. The van der Waals surface area contributed by atoms with Crippen LogP contribution in [-0.4, -0.2) is 31.2 Å². The van der Waals surface area contributed by atoms with E-state index in [4.69, 9.17) is 11.6 Å². The van der Waals surface area contributed by atoms with Crippen molar-refractivity contribution in [2.45, 2.75) is 44.7 Å². The maximum atomic E-state index is 12.8. The number of halogens is 1. The monoisotopic (exact) mass is 408 g/mol. The van der Waals surface area contributed by atoms with Gasteiger partial charge in [0.25, 0.3) is 5.91 Å². The first kappa shape index (κ1) is 21.4. The minimum atomic E-state index is -3.62. The number of carbonyl (C=O) groups is 1. The van der Waals surface area contributed by atoms with E-state index in [0.29, 0.717) is 17.1 Å². The minimum absolute atomic E-state index is 0.109. The SMILES string of the molecule is CC[C@H](C)NC(=O)c1ccc(CN(CC)S(=O)(=O)c2ccc(Cl)cc2)cc1. The van der Waals surface area contributed by atoms with E-state index < -0.39 is 10.0 Å². The maximum Gasteiger partial charge on any atom is 0.251 e. The Kier molecular flexibility index (Phi) is 7.41. The van der Waals surface area contributed by atoms with Crippen LogP contribution in [0.2, 0.25) is 5.02 Å². The van der Waals surface area contributed by atoms with Crippen LogP contribution in [-0.2, 0) is 16.6 Å². The number of carbonyl (C=O) groups excluding carboxylic acids is 1. The third kappa shape index (κ3) is 5.54. The summed E-state index contributed by atoms with van der Waals surface area (Å²) in [5.74, 6) is -0.128. The van der Waals surface area contributed by atoms with Crippen molar-refractivity contribution < 1.29 is 13.2 Å². The smallest absolute Gasteiger partial charge is 0.251 e. The summed E-state index contributed by atoms with van der Waals surface area (Å²) in [6, 6.07) is 13.2. The summed E-state index contributed by atoms with van der Waals surface area (Å²) in [6.45, 7) is 6.32. The van der Waals surface area contributed by atoms with Crippen LogP contribution in [0.4, 0.5) is 0 Å². The van der Waals surface area contributed by atoms with Crippen molar-refractivity contribution in [3.63, 3.8) is 0 Å². The number of hydrogen-bond donors (Lipinski definition) is 1. The van der Waals surface area contributed by atoms with E-state index >= 15 is 0 Å². The van der Waals surface area contributed by atoms with Gasteiger partial charge in [-0.1, -0.05) is 37.6 Å². The number of nitrogens with zero attached hydrogens (tertiary/aromatic N) is 1. The summed E-state index contributed by atoms with van der Waals surface area (Å²) in [5.41, 5.74) is 1.37. The van der Waals surface area contributed by atoms with Crippen molar-refractivity contribution in [3.05, 3.63) is 64.7 Å². The van der Waals surface area contributed by atoms with E-state index in [1.807, 2.05) is 13.8 Å². The molecule has 1 atom stereocenters. The fourth-order valence-corrected chi connectivity index (χ4v) is 4.06. The average molecular weight is 409 g/mol. The molecule has 146 valence electrons. The Morgan fingerprint density at radius 3 is 2.19 bits per heavy atom. The highest BCUT2D eigenvalue weighted by Crippen LogP contribution is 2.20. The van der Waals surface area contributed by atoms with Gasteiger partial charge in [-0.05, 0) is 55.3 Å². The van der Waals surface area contributed by atoms with Crippen LogP contribution in [0.25, 0.3) is 0 Å². The van der Waals surface area contributed by atoms with E-state index in [0.717, 1.165) is 12.0 Å². The number of hydrogen-bond acceptors (Lipinski definition) is 3. The van der Waals surface area contributed by atoms with Crippen molar-refractivity contribution in [3.8, 4) is 0 Å². The summed E-state index contributed by atoms with van der Waals surface area (Å²) >= 11 is 5.84. The molecule has 0 fully saturated rings. The molecule has 1 N–H and O–H groups in total. The first-order valence-corrected chi connectivity index (χ1v) is 10.7. The van der Waals surface area contributed by atoms with Crippen molar-refractivity contribution in [2.24, 2.45) is 0 Å². The molecule has 0 unspecified atom stereocenters. The highest BCUT2D eigenvalue weighted by molar-refractivity contribution is 7.89. The minimum Gasteiger partial charge on any atom is -0.350 e. The van der Waals surface area contributed by atoms with Crippen molar-refractivity contribution in [1.82, 2.24) is 9.62 Å². The molecule has 1 amide bonds. The first-order valence-electron chi connectivity index (χ1n) is 8.93. The van der Waals surface area contributed by atoms with Gasteiger partial charge < -0.3 is 5.32 Å². The lowest BCUT2D eigenvalue weighted by molar-refractivity contribution is 0.0939. The second kappa shape index (κ2) is 9.35. The molecule has 2 aromatic carbocycles. The quantitative estimate of drug-likeness (QED) is 0.715. The maximum absolute atomic E-state index is 12.8. The second-order valence-corrected chi connectivity index (χ2v) is 8.74. The third-order valence-electron chi connectivity index (χ3n) is 4.37. The van der Waals surface area contributed by atoms with Gasteiger partial charge in [-0.2, -0.15) is 4.31 Å². The van der Waals surface area contributed by atoms with Gasteiger partial charge in [0.1, 0.15) is 0 Å². The molecule has 0 bridgehead atoms. The Morgan fingerprint density at radius 2 is 1.67 bits per heavy atom. The number of benzene rings is 2. The standard InChI is InChI=1S/C20H25ClN2O3S/c1-4-15(3)22-20(24)17-8-6-16(7-9-17)14-23(5-2)27(25,26)19-12-10-18(21)11-13-19/h6-13,15H,4-5,14H2,1-3H3,(H,22,24)/t15-/m0/s1. The Bertz CT molecular complexity index is 865. The predicted octanol–water partition coefficient (Wildman–Crippen LogP) is 4.08. The lowest BCUT2D eigenvalue weighted by atomic mass is 10.1. The molecule has 0 aromatic heterocycles. The van der Waals surface area contributed by atoms with Crippen LogP contribution in [0.15, 0.2) is 53.4 Å². The molecule has 2 aromatic rings. The number of amides is 1. The summed E-state index contributed by atoms with van der Waals surface area (Å²) in [4.78, 5) is 12.4. The predicted molar refractivity (Wildman–Crippen MR) is 108 cm³/mol. The lowest BCUT2D eigenvalue weighted by Gasteiger charge is -2.21. The highest BCUT2D eigenvalue weighted by atomic mass is 35.5. The largest absolute Gasteiger partial charge is 0.350 e. The second-order valence-electron chi connectivity index (χ2n) is 6.36. The molecule has 0 aliphatic carbocycles. The molecule has 0 saturated heterocycles. The van der Waals surface area contributed by atoms with Gasteiger partial charge in [0.05, 0.1) is 4.90 Å². The van der Waals surface area contributed by atoms with Crippen LogP contribution in [0.1, 0.15) is 43.1 Å².